The lowest BCUT2D eigenvalue weighted by Crippen LogP contribution is -2.64. The molecule has 17 heavy (non-hydrogen) atoms. The maximum atomic E-state index is 10.7. The molecule has 2 N–H and O–H groups in total. The number of aliphatic carboxylic acids is 1. The number of rotatable bonds is 5. The van der Waals surface area contributed by atoms with Crippen LogP contribution in [0.4, 0.5) is 0 Å². The number of hydrogen-bond donors (Lipinski definition) is 2. The number of carboxylic acids is 1. The van der Waals surface area contributed by atoms with Crippen molar-refractivity contribution in [3.8, 4) is 5.75 Å². The van der Waals surface area contributed by atoms with Crippen LogP contribution in [0.5, 0.6) is 5.75 Å². The highest BCUT2D eigenvalue weighted by Gasteiger charge is 2.41. The van der Waals surface area contributed by atoms with Crippen molar-refractivity contribution in [2.75, 3.05) is 13.1 Å². The Morgan fingerprint density at radius 3 is 2.47 bits per heavy atom. The molecule has 1 fully saturated rings. The summed E-state index contributed by atoms with van der Waals surface area (Å²) in [5, 5.41) is 11.8. The molecule has 0 spiro atoms. The van der Waals surface area contributed by atoms with Gasteiger partial charge in [-0.15, -0.1) is 0 Å². The first-order valence-corrected chi connectivity index (χ1v) is 5.30. The van der Waals surface area contributed by atoms with Gasteiger partial charge in [0.1, 0.15) is 17.6 Å². The smallest absolute Gasteiger partial charge is 0.307 e. The lowest BCUT2D eigenvalue weighted by atomic mass is 9.92. The van der Waals surface area contributed by atoms with Gasteiger partial charge in [0.15, 0.2) is 0 Å². The van der Waals surface area contributed by atoms with Crippen molar-refractivity contribution in [3.05, 3.63) is 29.8 Å². The molecule has 1 aliphatic heterocycles. The highest BCUT2D eigenvalue weighted by molar-refractivity contribution is 5.74. The summed E-state index contributed by atoms with van der Waals surface area (Å²) in [4.78, 5) is 21.2. The van der Waals surface area contributed by atoms with Gasteiger partial charge in [-0.3, -0.25) is 9.59 Å². The van der Waals surface area contributed by atoms with Gasteiger partial charge in [-0.05, 0) is 24.3 Å². The minimum absolute atomic E-state index is 0.0323. The molecular weight excluding hydrogens is 222 g/mol. The molecule has 0 radical (unpaired) electrons. The van der Waals surface area contributed by atoms with E-state index in [9.17, 15) is 9.59 Å². The summed E-state index contributed by atoms with van der Waals surface area (Å²) < 4.78 is 5.69. The summed E-state index contributed by atoms with van der Waals surface area (Å²) >= 11 is 0. The fraction of sp³-hybridized carbons (Fsp3) is 0.333. The number of carboxylic acid groups (broad SMARTS) is 1. The van der Waals surface area contributed by atoms with Gasteiger partial charge in [0.25, 0.3) is 0 Å². The SMILES string of the molecule is O=Cc1ccc(OC2(CC(=O)O)CNC2)cc1. The number of ether oxygens (including phenoxy) is 1. The quantitative estimate of drug-likeness (QED) is 0.734. The Balaban J connectivity index is 2.07. The molecule has 0 amide bonds. The van der Waals surface area contributed by atoms with Crippen LogP contribution in [0.15, 0.2) is 24.3 Å². The highest BCUT2D eigenvalue weighted by atomic mass is 16.5. The maximum absolute atomic E-state index is 10.7. The van der Waals surface area contributed by atoms with E-state index in [1.54, 1.807) is 24.3 Å². The van der Waals surface area contributed by atoms with E-state index in [-0.39, 0.29) is 6.42 Å². The molecule has 0 bridgehead atoms. The second-order valence-corrected chi connectivity index (χ2v) is 4.15. The van der Waals surface area contributed by atoms with Crippen LogP contribution in [0, 0.1) is 0 Å². The minimum Gasteiger partial charge on any atom is -0.484 e. The van der Waals surface area contributed by atoms with E-state index in [0.717, 1.165) is 6.29 Å². The van der Waals surface area contributed by atoms with E-state index >= 15 is 0 Å². The maximum Gasteiger partial charge on any atom is 0.307 e. The van der Waals surface area contributed by atoms with Gasteiger partial charge in [-0.2, -0.15) is 0 Å². The van der Waals surface area contributed by atoms with Gasteiger partial charge in [-0.1, -0.05) is 0 Å². The molecule has 90 valence electrons. The molecule has 0 unspecified atom stereocenters. The number of carbonyl (C=O) groups excluding carboxylic acids is 1. The van der Waals surface area contributed by atoms with E-state index in [2.05, 4.69) is 5.32 Å². The van der Waals surface area contributed by atoms with Crippen molar-refractivity contribution in [1.29, 1.82) is 0 Å². The van der Waals surface area contributed by atoms with Gasteiger partial charge in [0.05, 0.1) is 6.42 Å². The van der Waals surface area contributed by atoms with Gasteiger partial charge in [-0.25, -0.2) is 0 Å². The minimum atomic E-state index is -0.879. The van der Waals surface area contributed by atoms with Crippen molar-refractivity contribution in [1.82, 2.24) is 5.32 Å². The van der Waals surface area contributed by atoms with Gasteiger partial charge in [0, 0.05) is 18.7 Å². The van der Waals surface area contributed by atoms with Crippen molar-refractivity contribution in [3.63, 3.8) is 0 Å². The molecule has 1 heterocycles. The predicted molar refractivity (Wildman–Crippen MR) is 60.3 cm³/mol. The zero-order chi connectivity index (χ0) is 12.3. The van der Waals surface area contributed by atoms with Crippen LogP contribution in [-0.4, -0.2) is 36.1 Å². The number of hydrogen-bond acceptors (Lipinski definition) is 4. The molecule has 0 saturated carbocycles. The first kappa shape index (κ1) is 11.6. The third-order valence-electron chi connectivity index (χ3n) is 2.72. The number of nitrogens with one attached hydrogen (secondary N) is 1. The van der Waals surface area contributed by atoms with Gasteiger partial charge < -0.3 is 15.2 Å². The number of benzene rings is 1. The van der Waals surface area contributed by atoms with E-state index in [0.29, 0.717) is 24.4 Å². The molecule has 2 rings (SSSR count). The van der Waals surface area contributed by atoms with Crippen LogP contribution < -0.4 is 10.1 Å². The second-order valence-electron chi connectivity index (χ2n) is 4.15. The Bertz CT molecular complexity index is 423. The summed E-state index contributed by atoms with van der Waals surface area (Å²) in [7, 11) is 0. The zero-order valence-corrected chi connectivity index (χ0v) is 9.18. The van der Waals surface area contributed by atoms with Crippen LogP contribution in [0.1, 0.15) is 16.8 Å². The molecule has 1 aromatic rings. The van der Waals surface area contributed by atoms with Crippen LogP contribution in [0.2, 0.25) is 0 Å². The fourth-order valence-corrected chi connectivity index (χ4v) is 1.78. The topological polar surface area (TPSA) is 75.6 Å². The lowest BCUT2D eigenvalue weighted by molar-refractivity contribution is -0.143. The Hall–Kier alpha value is -1.88. The van der Waals surface area contributed by atoms with Crippen LogP contribution in [0.3, 0.4) is 0 Å². The summed E-state index contributed by atoms with van der Waals surface area (Å²) in [5.74, 6) is -0.297. The van der Waals surface area contributed by atoms with Crippen LogP contribution >= 0.6 is 0 Å². The largest absolute Gasteiger partial charge is 0.484 e. The normalized spacial score (nSPS) is 16.9. The summed E-state index contributed by atoms with van der Waals surface area (Å²) in [6.07, 6.45) is 0.719. The monoisotopic (exact) mass is 235 g/mol. The molecular formula is C12H13NO4. The Morgan fingerprint density at radius 2 is 2.06 bits per heavy atom. The zero-order valence-electron chi connectivity index (χ0n) is 9.18. The summed E-state index contributed by atoms with van der Waals surface area (Å²) in [6.45, 7) is 1.05. The molecule has 1 aromatic carbocycles. The molecule has 1 saturated heterocycles. The van der Waals surface area contributed by atoms with Crippen molar-refractivity contribution >= 4 is 12.3 Å². The van der Waals surface area contributed by atoms with E-state index in [1.807, 2.05) is 0 Å². The average Bonchev–Trinajstić information content (AvgIpc) is 2.26. The Morgan fingerprint density at radius 1 is 1.41 bits per heavy atom. The lowest BCUT2D eigenvalue weighted by Gasteiger charge is -2.41. The predicted octanol–water partition coefficient (Wildman–Crippen LogP) is 0.695. The Labute approximate surface area is 98.4 Å². The molecule has 1 aliphatic rings. The average molecular weight is 235 g/mol. The third-order valence-corrected chi connectivity index (χ3v) is 2.72. The molecule has 5 nitrogen and oxygen atoms in total. The Kier molecular flexibility index (Phi) is 3.10. The van der Waals surface area contributed by atoms with E-state index < -0.39 is 11.6 Å². The van der Waals surface area contributed by atoms with Crippen molar-refractivity contribution in [2.24, 2.45) is 0 Å². The number of carbonyl (C=O) groups is 2. The molecule has 0 atom stereocenters. The van der Waals surface area contributed by atoms with Crippen LogP contribution in [-0.2, 0) is 4.79 Å². The molecule has 0 aromatic heterocycles. The third kappa shape index (κ3) is 2.62. The van der Waals surface area contributed by atoms with Gasteiger partial charge in [0.2, 0.25) is 0 Å². The molecule has 5 heteroatoms. The van der Waals surface area contributed by atoms with E-state index in [4.69, 9.17) is 9.84 Å². The first-order chi connectivity index (χ1) is 8.13. The second kappa shape index (κ2) is 4.55. The standard InChI is InChI=1S/C12H13NO4/c14-6-9-1-3-10(4-2-9)17-12(5-11(15)16)7-13-8-12/h1-4,6,13H,5,7-8H2,(H,15,16). The summed E-state index contributed by atoms with van der Waals surface area (Å²) in [5.41, 5.74) is -0.0921. The van der Waals surface area contributed by atoms with Crippen LogP contribution in [0.25, 0.3) is 0 Å². The highest BCUT2D eigenvalue weighted by Crippen LogP contribution is 2.25. The number of aldehydes is 1. The molecule has 0 aliphatic carbocycles. The van der Waals surface area contributed by atoms with Crippen molar-refractivity contribution < 1.29 is 19.4 Å². The van der Waals surface area contributed by atoms with Gasteiger partial charge >= 0.3 is 5.97 Å². The van der Waals surface area contributed by atoms with Crippen molar-refractivity contribution in [2.45, 2.75) is 12.0 Å². The van der Waals surface area contributed by atoms with E-state index in [1.165, 1.54) is 0 Å². The fourth-order valence-electron chi connectivity index (χ4n) is 1.78. The first-order valence-electron chi connectivity index (χ1n) is 5.30. The summed E-state index contributed by atoms with van der Waals surface area (Å²) in [6, 6.07) is 6.63.